The third-order valence-electron chi connectivity index (χ3n) is 4.40. The van der Waals surface area contributed by atoms with Crippen LogP contribution in [0.1, 0.15) is 39.5 Å². The number of hydrogen-bond acceptors (Lipinski definition) is 1. The quantitative estimate of drug-likeness (QED) is 0.576. The van der Waals surface area contributed by atoms with E-state index in [1.54, 1.807) is 0 Å². The predicted octanol–water partition coefficient (Wildman–Crippen LogP) is 2.65. The van der Waals surface area contributed by atoms with E-state index >= 15 is 0 Å². The molecule has 68 valence electrons. The molecule has 2 aliphatic rings. The number of rotatable bonds is 2. The Balaban J connectivity index is 2.17. The summed E-state index contributed by atoms with van der Waals surface area (Å²) in [5.74, 6) is 2.47. The monoisotopic (exact) mass is 166 g/mol. The Labute approximate surface area is 74.5 Å². The van der Waals surface area contributed by atoms with Crippen molar-refractivity contribution < 1.29 is 4.79 Å². The highest BCUT2D eigenvalue weighted by molar-refractivity contribution is 5.50. The van der Waals surface area contributed by atoms with Gasteiger partial charge in [0.2, 0.25) is 0 Å². The molecule has 0 aromatic rings. The van der Waals surface area contributed by atoms with Gasteiger partial charge in [0.05, 0.1) is 0 Å². The SMILES string of the molecule is CC1(C)[C@H]2CC[C@@H](C2)[C@H]1CC=O. The molecule has 0 aromatic carbocycles. The second kappa shape index (κ2) is 2.58. The van der Waals surface area contributed by atoms with E-state index in [1.165, 1.54) is 19.3 Å². The van der Waals surface area contributed by atoms with E-state index < -0.39 is 0 Å². The first-order chi connectivity index (χ1) is 5.66. The zero-order valence-corrected chi connectivity index (χ0v) is 8.05. The highest BCUT2D eigenvalue weighted by Gasteiger charge is 2.51. The van der Waals surface area contributed by atoms with Crippen molar-refractivity contribution in [2.45, 2.75) is 39.5 Å². The first-order valence-corrected chi connectivity index (χ1v) is 5.10. The number of carbonyl (C=O) groups is 1. The first-order valence-electron chi connectivity index (χ1n) is 5.10. The van der Waals surface area contributed by atoms with Crippen LogP contribution in [-0.4, -0.2) is 6.29 Å². The van der Waals surface area contributed by atoms with Crippen molar-refractivity contribution in [2.75, 3.05) is 0 Å². The Kier molecular flexibility index (Phi) is 1.78. The van der Waals surface area contributed by atoms with Crippen LogP contribution in [0.2, 0.25) is 0 Å². The third-order valence-corrected chi connectivity index (χ3v) is 4.40. The average molecular weight is 166 g/mol. The zero-order valence-electron chi connectivity index (χ0n) is 8.05. The summed E-state index contributed by atoms with van der Waals surface area (Å²) < 4.78 is 0. The van der Waals surface area contributed by atoms with Gasteiger partial charge in [0.25, 0.3) is 0 Å². The summed E-state index contributed by atoms with van der Waals surface area (Å²) in [5.41, 5.74) is 0.448. The van der Waals surface area contributed by atoms with Gasteiger partial charge in [0.15, 0.2) is 0 Å². The standard InChI is InChI=1S/C11H18O/c1-11(2)9-4-3-8(7-9)10(11)5-6-12/h6,8-10H,3-5,7H2,1-2H3/t8-,9-,10+/m0/s1. The topological polar surface area (TPSA) is 17.1 Å². The van der Waals surface area contributed by atoms with Crippen molar-refractivity contribution in [1.29, 1.82) is 0 Å². The van der Waals surface area contributed by atoms with Crippen molar-refractivity contribution in [3.05, 3.63) is 0 Å². The highest BCUT2D eigenvalue weighted by atomic mass is 16.1. The van der Waals surface area contributed by atoms with Gasteiger partial charge in [0.1, 0.15) is 6.29 Å². The minimum Gasteiger partial charge on any atom is -0.303 e. The zero-order chi connectivity index (χ0) is 8.77. The number of aldehydes is 1. The molecule has 2 saturated carbocycles. The minimum absolute atomic E-state index is 0.448. The van der Waals surface area contributed by atoms with Crippen molar-refractivity contribution in [3.8, 4) is 0 Å². The van der Waals surface area contributed by atoms with Gasteiger partial charge >= 0.3 is 0 Å². The van der Waals surface area contributed by atoms with E-state index in [9.17, 15) is 4.79 Å². The van der Waals surface area contributed by atoms with E-state index in [1.807, 2.05) is 0 Å². The van der Waals surface area contributed by atoms with Crippen LogP contribution in [-0.2, 0) is 4.79 Å². The molecule has 0 N–H and O–H groups in total. The van der Waals surface area contributed by atoms with Crippen molar-refractivity contribution >= 4 is 6.29 Å². The van der Waals surface area contributed by atoms with Gasteiger partial charge in [-0.15, -0.1) is 0 Å². The van der Waals surface area contributed by atoms with Crippen LogP contribution >= 0.6 is 0 Å². The summed E-state index contributed by atoms with van der Waals surface area (Å²) >= 11 is 0. The molecular formula is C11H18O. The van der Waals surface area contributed by atoms with E-state index in [0.717, 1.165) is 24.5 Å². The van der Waals surface area contributed by atoms with Gasteiger partial charge < -0.3 is 4.79 Å². The van der Waals surface area contributed by atoms with Crippen molar-refractivity contribution in [1.82, 2.24) is 0 Å². The summed E-state index contributed by atoms with van der Waals surface area (Å²) in [6.07, 6.45) is 6.10. The van der Waals surface area contributed by atoms with Gasteiger partial charge in [-0.05, 0) is 42.4 Å². The Morgan fingerprint density at radius 2 is 2.17 bits per heavy atom. The molecule has 2 fully saturated rings. The molecule has 12 heavy (non-hydrogen) atoms. The molecule has 0 unspecified atom stereocenters. The lowest BCUT2D eigenvalue weighted by atomic mass is 9.68. The van der Waals surface area contributed by atoms with Crippen LogP contribution in [0, 0.1) is 23.2 Å². The molecule has 0 radical (unpaired) electrons. The Morgan fingerprint density at radius 3 is 2.67 bits per heavy atom. The van der Waals surface area contributed by atoms with Crippen LogP contribution < -0.4 is 0 Å². The lowest BCUT2D eigenvalue weighted by Crippen LogP contribution is -2.30. The Morgan fingerprint density at radius 1 is 1.42 bits per heavy atom. The minimum atomic E-state index is 0.448. The maximum atomic E-state index is 10.5. The molecule has 2 aliphatic carbocycles. The van der Waals surface area contributed by atoms with Gasteiger partial charge in [-0.2, -0.15) is 0 Å². The average Bonchev–Trinajstić information content (AvgIpc) is 2.53. The molecule has 0 aliphatic heterocycles. The second-order valence-electron chi connectivity index (χ2n) is 5.10. The highest BCUT2D eigenvalue weighted by Crippen LogP contribution is 2.59. The molecule has 0 spiro atoms. The van der Waals surface area contributed by atoms with Crippen LogP contribution in [0.3, 0.4) is 0 Å². The number of carbonyl (C=O) groups excluding carboxylic acids is 1. The van der Waals surface area contributed by atoms with Crippen LogP contribution in [0.5, 0.6) is 0 Å². The Hall–Kier alpha value is -0.330. The normalized spacial score (nSPS) is 43.3. The van der Waals surface area contributed by atoms with E-state index in [0.29, 0.717) is 11.3 Å². The van der Waals surface area contributed by atoms with Gasteiger partial charge in [-0.1, -0.05) is 13.8 Å². The largest absolute Gasteiger partial charge is 0.303 e. The molecule has 3 atom stereocenters. The van der Waals surface area contributed by atoms with E-state index in [4.69, 9.17) is 0 Å². The molecule has 0 aromatic heterocycles. The Bertz CT molecular complexity index is 195. The maximum Gasteiger partial charge on any atom is 0.120 e. The lowest BCUT2D eigenvalue weighted by Gasteiger charge is -2.37. The second-order valence-corrected chi connectivity index (χ2v) is 5.10. The van der Waals surface area contributed by atoms with Crippen LogP contribution in [0.25, 0.3) is 0 Å². The molecule has 0 saturated heterocycles. The third kappa shape index (κ3) is 0.949. The summed E-state index contributed by atoms with van der Waals surface area (Å²) in [4.78, 5) is 10.5. The fourth-order valence-corrected chi connectivity index (χ4v) is 3.57. The summed E-state index contributed by atoms with van der Waals surface area (Å²) in [5, 5.41) is 0. The summed E-state index contributed by atoms with van der Waals surface area (Å²) in [6.45, 7) is 4.70. The lowest BCUT2D eigenvalue weighted by molar-refractivity contribution is -0.110. The summed E-state index contributed by atoms with van der Waals surface area (Å²) in [6, 6.07) is 0. The number of fused-ring (bicyclic) bond motifs is 2. The maximum absolute atomic E-state index is 10.5. The van der Waals surface area contributed by atoms with Gasteiger partial charge in [-0.3, -0.25) is 0 Å². The van der Waals surface area contributed by atoms with Gasteiger partial charge in [-0.25, -0.2) is 0 Å². The fraction of sp³-hybridized carbons (Fsp3) is 0.909. The first kappa shape index (κ1) is 8.28. The van der Waals surface area contributed by atoms with Crippen molar-refractivity contribution in [3.63, 3.8) is 0 Å². The fourth-order valence-electron chi connectivity index (χ4n) is 3.57. The molecule has 0 heterocycles. The smallest absolute Gasteiger partial charge is 0.120 e. The molecule has 2 rings (SSSR count). The van der Waals surface area contributed by atoms with Crippen LogP contribution in [0.4, 0.5) is 0 Å². The van der Waals surface area contributed by atoms with E-state index in [-0.39, 0.29) is 0 Å². The molecular weight excluding hydrogens is 148 g/mol. The molecule has 2 bridgehead atoms. The van der Waals surface area contributed by atoms with Crippen molar-refractivity contribution in [2.24, 2.45) is 23.2 Å². The molecule has 1 nitrogen and oxygen atoms in total. The molecule has 1 heteroatoms. The van der Waals surface area contributed by atoms with Gasteiger partial charge in [0, 0.05) is 6.42 Å². The van der Waals surface area contributed by atoms with Crippen LogP contribution in [0.15, 0.2) is 0 Å². The predicted molar refractivity (Wildman–Crippen MR) is 48.8 cm³/mol. The summed E-state index contributed by atoms with van der Waals surface area (Å²) in [7, 11) is 0. The molecule has 0 amide bonds. The number of hydrogen-bond donors (Lipinski definition) is 0. The van der Waals surface area contributed by atoms with E-state index in [2.05, 4.69) is 13.8 Å².